The predicted molar refractivity (Wildman–Crippen MR) is 247 cm³/mol. The Kier molecular flexibility index (Phi) is 7.37. The molecule has 12 rings (SSSR count). The third-order valence-corrected chi connectivity index (χ3v) is 12.8. The number of aromatic nitrogens is 3. The van der Waals surface area contributed by atoms with Crippen LogP contribution < -0.4 is 4.90 Å². The van der Waals surface area contributed by atoms with Gasteiger partial charge in [0.05, 0.1) is 27.9 Å². The van der Waals surface area contributed by atoms with E-state index in [0.29, 0.717) is 5.95 Å². The Morgan fingerprint density at radius 2 is 1.22 bits per heavy atom. The standard InChI is InChI=1S/C55H40N4/c1-55(2)45-23-13-14-24-47(45)58(40-19-7-4-8-20-40)50-34-39(27-31-46(50)55)38-26-29-43-49(33-38)59(48-32-28-35-15-9-11-21-41(35)51(43)48)54-56-52(37-17-5-3-6-18-37)44-30-25-36-16-10-12-22-42(36)53(44)57-54/h3-7,9-19,21-34H,8,20H2,1-2H3. The van der Waals surface area contributed by atoms with Crippen molar-refractivity contribution < 1.29 is 0 Å². The van der Waals surface area contributed by atoms with Crippen LogP contribution in [0.5, 0.6) is 0 Å². The van der Waals surface area contributed by atoms with Gasteiger partial charge in [-0.15, -0.1) is 0 Å². The van der Waals surface area contributed by atoms with E-state index in [0.717, 1.165) is 62.4 Å². The number of fused-ring (bicyclic) bond motifs is 10. The van der Waals surface area contributed by atoms with Crippen molar-refractivity contribution in [2.75, 3.05) is 4.90 Å². The van der Waals surface area contributed by atoms with Gasteiger partial charge in [0.2, 0.25) is 5.95 Å². The van der Waals surface area contributed by atoms with Crippen molar-refractivity contribution in [3.8, 4) is 28.3 Å². The summed E-state index contributed by atoms with van der Waals surface area (Å²) in [6, 6.07) is 59.6. The maximum atomic E-state index is 5.50. The number of rotatable bonds is 4. The second kappa shape index (κ2) is 12.9. The van der Waals surface area contributed by atoms with Gasteiger partial charge in [-0.25, -0.2) is 9.97 Å². The van der Waals surface area contributed by atoms with E-state index in [2.05, 4.69) is 205 Å². The van der Waals surface area contributed by atoms with E-state index in [1.54, 1.807) is 0 Å². The Bertz CT molecular complexity index is 3420. The highest BCUT2D eigenvalue weighted by Crippen LogP contribution is 2.52. The zero-order chi connectivity index (χ0) is 39.2. The number of para-hydroxylation sites is 1. The molecule has 0 amide bonds. The van der Waals surface area contributed by atoms with Gasteiger partial charge in [0.25, 0.3) is 0 Å². The second-order valence-corrected chi connectivity index (χ2v) is 16.5. The average Bonchev–Trinajstić information content (AvgIpc) is 3.63. The van der Waals surface area contributed by atoms with Crippen LogP contribution in [0, 0.1) is 0 Å². The van der Waals surface area contributed by atoms with Gasteiger partial charge in [-0.2, -0.15) is 0 Å². The molecule has 0 atom stereocenters. The largest absolute Gasteiger partial charge is 0.314 e. The van der Waals surface area contributed by atoms with E-state index in [1.165, 1.54) is 55.3 Å². The SMILES string of the molecule is CC1(C)c2ccccc2N(C2=CC=CCC2)c2cc(-c3ccc4c5c6ccccc6ccc5n(-c5nc(-c6ccccc6)c6ccc7ccccc7c6n5)c4c3)ccc21. The van der Waals surface area contributed by atoms with Gasteiger partial charge < -0.3 is 4.90 Å². The van der Waals surface area contributed by atoms with Gasteiger partial charge in [0.15, 0.2) is 0 Å². The molecule has 0 radical (unpaired) electrons. The zero-order valence-corrected chi connectivity index (χ0v) is 33.0. The summed E-state index contributed by atoms with van der Waals surface area (Å²) >= 11 is 0. The monoisotopic (exact) mass is 756 g/mol. The lowest BCUT2D eigenvalue weighted by atomic mass is 9.73. The Morgan fingerprint density at radius 1 is 0.525 bits per heavy atom. The number of benzene rings is 8. The first kappa shape index (κ1) is 33.8. The number of nitrogens with zero attached hydrogens (tertiary/aromatic N) is 4. The molecule has 59 heavy (non-hydrogen) atoms. The summed E-state index contributed by atoms with van der Waals surface area (Å²) in [5.74, 6) is 0.660. The fourth-order valence-electron chi connectivity index (χ4n) is 9.93. The molecule has 4 heteroatoms. The number of hydrogen-bond donors (Lipinski definition) is 0. The molecule has 0 fully saturated rings. The fraction of sp³-hybridized carbons (Fsp3) is 0.0909. The van der Waals surface area contributed by atoms with Crippen LogP contribution in [0.4, 0.5) is 11.4 Å². The summed E-state index contributed by atoms with van der Waals surface area (Å²) in [5.41, 5.74) is 13.8. The van der Waals surface area contributed by atoms with Crippen LogP contribution >= 0.6 is 0 Å². The molecule has 0 saturated carbocycles. The second-order valence-electron chi connectivity index (χ2n) is 16.5. The van der Waals surface area contributed by atoms with Crippen LogP contribution in [-0.4, -0.2) is 14.5 Å². The van der Waals surface area contributed by atoms with Crippen LogP contribution in [0.2, 0.25) is 0 Å². The van der Waals surface area contributed by atoms with Gasteiger partial charge in [0.1, 0.15) is 0 Å². The summed E-state index contributed by atoms with van der Waals surface area (Å²) in [6.45, 7) is 4.73. The Morgan fingerprint density at radius 3 is 2.07 bits per heavy atom. The van der Waals surface area contributed by atoms with Gasteiger partial charge in [0, 0.05) is 43.9 Å². The Balaban J connectivity index is 1.14. The average molecular weight is 757 g/mol. The van der Waals surface area contributed by atoms with Crippen molar-refractivity contribution in [2.45, 2.75) is 32.1 Å². The maximum absolute atomic E-state index is 5.50. The summed E-state index contributed by atoms with van der Waals surface area (Å²) in [4.78, 5) is 13.5. The molecule has 0 unspecified atom stereocenters. The van der Waals surface area contributed by atoms with Crippen LogP contribution in [0.15, 0.2) is 188 Å². The van der Waals surface area contributed by atoms with E-state index >= 15 is 0 Å². The highest BCUT2D eigenvalue weighted by Gasteiger charge is 2.37. The third-order valence-electron chi connectivity index (χ3n) is 12.8. The molecule has 2 aromatic heterocycles. The summed E-state index contributed by atoms with van der Waals surface area (Å²) in [6.07, 6.45) is 8.81. The first-order valence-electron chi connectivity index (χ1n) is 20.6. The van der Waals surface area contributed by atoms with E-state index in [9.17, 15) is 0 Å². The van der Waals surface area contributed by atoms with E-state index in [1.807, 2.05) is 0 Å². The summed E-state index contributed by atoms with van der Waals surface area (Å²) in [5, 5.41) is 8.13. The van der Waals surface area contributed by atoms with Gasteiger partial charge >= 0.3 is 0 Å². The highest BCUT2D eigenvalue weighted by molar-refractivity contribution is 6.22. The lowest BCUT2D eigenvalue weighted by Crippen LogP contribution is -2.32. The van der Waals surface area contributed by atoms with Gasteiger partial charge in [-0.1, -0.05) is 159 Å². The van der Waals surface area contributed by atoms with E-state index in [4.69, 9.17) is 9.97 Å². The Labute approximate surface area is 343 Å². The number of allylic oxidation sites excluding steroid dienone is 4. The van der Waals surface area contributed by atoms with Crippen LogP contribution in [-0.2, 0) is 5.41 Å². The predicted octanol–water partition coefficient (Wildman–Crippen LogP) is 14.4. The summed E-state index contributed by atoms with van der Waals surface area (Å²) < 4.78 is 2.30. The topological polar surface area (TPSA) is 34.0 Å². The lowest BCUT2D eigenvalue weighted by Gasteiger charge is -2.43. The van der Waals surface area contributed by atoms with Crippen molar-refractivity contribution in [3.05, 3.63) is 199 Å². The fourth-order valence-corrected chi connectivity index (χ4v) is 9.93. The first-order chi connectivity index (χ1) is 29.0. The minimum absolute atomic E-state index is 0.155. The molecule has 0 N–H and O–H groups in total. The molecule has 0 saturated heterocycles. The molecule has 10 aromatic rings. The molecule has 4 nitrogen and oxygen atoms in total. The minimum Gasteiger partial charge on any atom is -0.314 e. The zero-order valence-electron chi connectivity index (χ0n) is 33.0. The van der Waals surface area contributed by atoms with Gasteiger partial charge in [-0.05, 0) is 87.7 Å². The molecule has 0 spiro atoms. The van der Waals surface area contributed by atoms with Gasteiger partial charge in [-0.3, -0.25) is 4.57 Å². The number of anilines is 2. The molecule has 280 valence electrons. The lowest BCUT2D eigenvalue weighted by molar-refractivity contribution is 0.628. The molecule has 8 aromatic carbocycles. The molecule has 3 heterocycles. The third kappa shape index (κ3) is 5.09. The smallest absolute Gasteiger partial charge is 0.235 e. The highest BCUT2D eigenvalue weighted by atomic mass is 15.2. The van der Waals surface area contributed by atoms with Crippen molar-refractivity contribution in [2.24, 2.45) is 0 Å². The van der Waals surface area contributed by atoms with Crippen molar-refractivity contribution in [3.63, 3.8) is 0 Å². The Hall–Kier alpha value is -7.30. The first-order valence-corrected chi connectivity index (χ1v) is 20.6. The molecular formula is C55H40N4. The van der Waals surface area contributed by atoms with Crippen molar-refractivity contribution in [1.82, 2.24) is 14.5 Å². The van der Waals surface area contributed by atoms with Crippen LogP contribution in [0.1, 0.15) is 37.8 Å². The molecule has 1 aliphatic carbocycles. The molecule has 1 aliphatic heterocycles. The van der Waals surface area contributed by atoms with Crippen molar-refractivity contribution in [1.29, 1.82) is 0 Å². The van der Waals surface area contributed by atoms with E-state index in [-0.39, 0.29) is 5.41 Å². The quantitative estimate of drug-likeness (QED) is 0.168. The van der Waals surface area contributed by atoms with Crippen molar-refractivity contribution >= 4 is 65.6 Å². The molecule has 0 bridgehead atoms. The number of hydrogen-bond acceptors (Lipinski definition) is 3. The van der Waals surface area contributed by atoms with E-state index < -0.39 is 0 Å². The van der Waals surface area contributed by atoms with Crippen LogP contribution in [0.25, 0.3) is 82.6 Å². The molecular weight excluding hydrogens is 717 g/mol. The maximum Gasteiger partial charge on any atom is 0.235 e. The summed E-state index contributed by atoms with van der Waals surface area (Å²) in [7, 11) is 0. The normalized spacial score (nSPS) is 14.6. The minimum atomic E-state index is -0.155. The molecule has 2 aliphatic rings. The van der Waals surface area contributed by atoms with Crippen LogP contribution in [0.3, 0.4) is 0 Å².